The van der Waals surface area contributed by atoms with Crippen molar-refractivity contribution in [1.82, 2.24) is 14.7 Å². The third-order valence-corrected chi connectivity index (χ3v) is 6.07. The van der Waals surface area contributed by atoms with Crippen molar-refractivity contribution in [3.63, 3.8) is 0 Å². The summed E-state index contributed by atoms with van der Waals surface area (Å²) in [4.78, 5) is 31.1. The minimum atomic E-state index is -0.112. The van der Waals surface area contributed by atoms with E-state index in [1.54, 1.807) is 13.1 Å². The van der Waals surface area contributed by atoms with E-state index < -0.39 is 0 Å². The average Bonchev–Trinajstić information content (AvgIpc) is 2.92. The maximum atomic E-state index is 12.5. The van der Waals surface area contributed by atoms with Gasteiger partial charge in [-0.15, -0.1) is 11.3 Å². The highest BCUT2D eigenvalue weighted by atomic mass is 79.9. The lowest BCUT2D eigenvalue weighted by atomic mass is 9.93. The molecule has 5 nitrogen and oxygen atoms in total. The third kappa shape index (κ3) is 4.55. The molecule has 1 aliphatic heterocycles. The fraction of sp³-hybridized carbons (Fsp3) is 0.625. The number of carbonyl (C=O) groups excluding carboxylic acids is 2. The van der Waals surface area contributed by atoms with Gasteiger partial charge in [-0.1, -0.05) is 6.92 Å². The molecule has 0 saturated carbocycles. The SMILES string of the molecule is CC1CN(C)CCC1N(C)C(=O)CN(C)C(=O)c1ccc(Br)s1. The monoisotopic (exact) mass is 401 g/mol. The zero-order chi connectivity index (χ0) is 17.1. The van der Waals surface area contributed by atoms with Gasteiger partial charge in [0.05, 0.1) is 15.2 Å². The number of likely N-dealkylation sites (tertiary alicyclic amines) is 1. The Bertz CT molecular complexity index is 577. The van der Waals surface area contributed by atoms with Crippen LogP contribution in [0.5, 0.6) is 0 Å². The molecule has 0 aliphatic carbocycles. The molecule has 0 aromatic carbocycles. The molecule has 0 N–H and O–H groups in total. The van der Waals surface area contributed by atoms with E-state index in [-0.39, 0.29) is 24.4 Å². The van der Waals surface area contributed by atoms with Crippen LogP contribution in [0.4, 0.5) is 0 Å². The Balaban J connectivity index is 1.93. The molecule has 2 heterocycles. The first-order valence-electron chi connectivity index (χ1n) is 7.74. The van der Waals surface area contributed by atoms with Crippen LogP contribution < -0.4 is 0 Å². The Morgan fingerprint density at radius 3 is 2.65 bits per heavy atom. The molecular formula is C16H24BrN3O2S. The van der Waals surface area contributed by atoms with Gasteiger partial charge in [-0.05, 0) is 54.0 Å². The first-order chi connectivity index (χ1) is 10.8. The highest BCUT2D eigenvalue weighted by molar-refractivity contribution is 9.11. The van der Waals surface area contributed by atoms with Crippen LogP contribution in [0.3, 0.4) is 0 Å². The lowest BCUT2D eigenvalue weighted by Gasteiger charge is -2.40. The van der Waals surface area contributed by atoms with Gasteiger partial charge in [-0.2, -0.15) is 0 Å². The van der Waals surface area contributed by atoms with E-state index in [1.165, 1.54) is 16.2 Å². The zero-order valence-corrected chi connectivity index (χ0v) is 16.5. The van der Waals surface area contributed by atoms with E-state index in [0.29, 0.717) is 10.8 Å². The van der Waals surface area contributed by atoms with E-state index >= 15 is 0 Å². The molecule has 2 atom stereocenters. The van der Waals surface area contributed by atoms with Crippen LogP contribution in [0.1, 0.15) is 23.0 Å². The minimum absolute atomic E-state index is 0.00197. The number of piperidine rings is 1. The highest BCUT2D eigenvalue weighted by Crippen LogP contribution is 2.23. The second kappa shape index (κ2) is 7.77. The number of likely N-dealkylation sites (N-methyl/N-ethyl adjacent to an activating group) is 2. The summed E-state index contributed by atoms with van der Waals surface area (Å²) >= 11 is 4.74. The molecule has 1 aliphatic rings. The predicted octanol–water partition coefficient (Wildman–Crippen LogP) is 2.38. The second-order valence-corrected chi connectivity index (χ2v) is 8.83. The van der Waals surface area contributed by atoms with Crippen molar-refractivity contribution in [2.24, 2.45) is 5.92 Å². The molecule has 23 heavy (non-hydrogen) atoms. The van der Waals surface area contributed by atoms with Crippen molar-refractivity contribution in [1.29, 1.82) is 0 Å². The first-order valence-corrected chi connectivity index (χ1v) is 9.35. The maximum Gasteiger partial charge on any atom is 0.264 e. The quantitative estimate of drug-likeness (QED) is 0.777. The van der Waals surface area contributed by atoms with Gasteiger partial charge in [0.1, 0.15) is 0 Å². The molecule has 0 bridgehead atoms. The summed E-state index contributed by atoms with van der Waals surface area (Å²) in [6.45, 7) is 4.30. The van der Waals surface area contributed by atoms with Gasteiger partial charge >= 0.3 is 0 Å². The molecule has 1 aromatic heterocycles. The van der Waals surface area contributed by atoms with Gasteiger partial charge in [-0.3, -0.25) is 9.59 Å². The lowest BCUT2D eigenvalue weighted by Crippen LogP contribution is -2.51. The van der Waals surface area contributed by atoms with E-state index in [9.17, 15) is 9.59 Å². The van der Waals surface area contributed by atoms with Crippen LogP contribution in [0.25, 0.3) is 0 Å². The molecule has 7 heteroatoms. The molecule has 1 saturated heterocycles. The van der Waals surface area contributed by atoms with Crippen LogP contribution in [0.2, 0.25) is 0 Å². The number of nitrogens with zero attached hydrogens (tertiary/aromatic N) is 3. The highest BCUT2D eigenvalue weighted by Gasteiger charge is 2.30. The van der Waals surface area contributed by atoms with Gasteiger partial charge in [0.15, 0.2) is 0 Å². The lowest BCUT2D eigenvalue weighted by molar-refractivity contribution is -0.134. The number of rotatable bonds is 4. The number of carbonyl (C=O) groups is 2. The Morgan fingerprint density at radius 1 is 1.39 bits per heavy atom. The van der Waals surface area contributed by atoms with Gasteiger partial charge in [0, 0.05) is 26.7 Å². The normalized spacial score (nSPS) is 22.0. The summed E-state index contributed by atoms with van der Waals surface area (Å²) in [7, 11) is 5.65. The fourth-order valence-electron chi connectivity index (χ4n) is 3.11. The summed E-state index contributed by atoms with van der Waals surface area (Å²) in [5, 5.41) is 0. The van der Waals surface area contributed by atoms with Crippen LogP contribution in [-0.2, 0) is 4.79 Å². The molecule has 128 valence electrons. The van der Waals surface area contributed by atoms with Crippen LogP contribution >= 0.6 is 27.3 Å². The Hall–Kier alpha value is -0.920. The van der Waals surface area contributed by atoms with Crippen LogP contribution in [0.15, 0.2) is 15.9 Å². The molecule has 1 fully saturated rings. The summed E-state index contributed by atoms with van der Waals surface area (Å²) < 4.78 is 0.915. The minimum Gasteiger partial charge on any atom is -0.341 e. The van der Waals surface area contributed by atoms with Crippen molar-refractivity contribution in [2.75, 3.05) is 40.8 Å². The van der Waals surface area contributed by atoms with Crippen molar-refractivity contribution < 1.29 is 9.59 Å². The number of amides is 2. The third-order valence-electron chi connectivity index (χ3n) is 4.46. The Labute approximate surface area is 150 Å². The average molecular weight is 402 g/mol. The summed E-state index contributed by atoms with van der Waals surface area (Å²) in [5.74, 6) is 0.328. The summed E-state index contributed by atoms with van der Waals surface area (Å²) in [5.41, 5.74) is 0. The van der Waals surface area contributed by atoms with E-state index in [0.717, 1.165) is 23.3 Å². The summed E-state index contributed by atoms with van der Waals surface area (Å²) in [6.07, 6.45) is 0.982. The number of hydrogen-bond acceptors (Lipinski definition) is 4. The molecule has 2 rings (SSSR count). The molecule has 2 amide bonds. The van der Waals surface area contributed by atoms with Crippen molar-refractivity contribution in [3.8, 4) is 0 Å². The van der Waals surface area contributed by atoms with E-state index in [2.05, 4.69) is 34.8 Å². The van der Waals surface area contributed by atoms with Crippen molar-refractivity contribution in [3.05, 3.63) is 20.8 Å². The van der Waals surface area contributed by atoms with E-state index in [1.807, 2.05) is 18.0 Å². The Kier molecular flexibility index (Phi) is 6.22. The van der Waals surface area contributed by atoms with Gasteiger partial charge < -0.3 is 14.7 Å². The standard InChI is InChI=1S/C16H24BrN3O2S/c1-11-9-18(2)8-7-12(11)20(4)15(21)10-19(3)16(22)13-5-6-14(17)23-13/h5-6,11-12H,7-10H2,1-4H3. The van der Waals surface area contributed by atoms with Crippen molar-refractivity contribution in [2.45, 2.75) is 19.4 Å². The van der Waals surface area contributed by atoms with Crippen LogP contribution in [0, 0.1) is 5.92 Å². The largest absolute Gasteiger partial charge is 0.341 e. The van der Waals surface area contributed by atoms with Crippen molar-refractivity contribution >= 4 is 39.1 Å². The molecule has 2 unspecified atom stereocenters. The first kappa shape index (κ1) is 18.4. The molecule has 0 spiro atoms. The molecule has 1 aromatic rings. The Morgan fingerprint density at radius 2 is 2.09 bits per heavy atom. The van der Waals surface area contributed by atoms with Crippen LogP contribution in [-0.4, -0.2) is 73.3 Å². The summed E-state index contributed by atoms with van der Waals surface area (Å²) in [6, 6.07) is 3.87. The van der Waals surface area contributed by atoms with Gasteiger partial charge in [0.2, 0.25) is 5.91 Å². The molecular weight excluding hydrogens is 378 g/mol. The topological polar surface area (TPSA) is 43.9 Å². The zero-order valence-electron chi connectivity index (χ0n) is 14.1. The smallest absolute Gasteiger partial charge is 0.264 e. The van der Waals surface area contributed by atoms with Gasteiger partial charge in [0.25, 0.3) is 5.91 Å². The maximum absolute atomic E-state index is 12.5. The molecule has 0 radical (unpaired) electrons. The number of hydrogen-bond donors (Lipinski definition) is 0. The number of halogens is 1. The van der Waals surface area contributed by atoms with Gasteiger partial charge in [-0.25, -0.2) is 0 Å². The second-order valence-electron chi connectivity index (χ2n) is 6.37. The number of thiophene rings is 1. The predicted molar refractivity (Wildman–Crippen MR) is 96.8 cm³/mol. The van der Waals surface area contributed by atoms with E-state index in [4.69, 9.17) is 0 Å². The fourth-order valence-corrected chi connectivity index (χ4v) is 4.49.